The number of hydrogen-bond acceptors (Lipinski definition) is 5. The van der Waals surface area contributed by atoms with Gasteiger partial charge in [0.25, 0.3) is 6.16 Å². The van der Waals surface area contributed by atoms with E-state index in [-0.39, 0.29) is 6.61 Å². The number of allylic oxidation sites excluding steroid dienone is 1. The first-order valence-electron chi connectivity index (χ1n) is 8.49. The Morgan fingerprint density at radius 3 is 2.40 bits per heavy atom. The van der Waals surface area contributed by atoms with E-state index in [2.05, 4.69) is 18.8 Å². The van der Waals surface area contributed by atoms with Crippen molar-refractivity contribution in [3.8, 4) is 0 Å². The van der Waals surface area contributed by atoms with Gasteiger partial charge in [0, 0.05) is 19.4 Å². The van der Waals surface area contributed by atoms with Crippen LogP contribution in [-0.2, 0) is 16.1 Å². The quantitative estimate of drug-likeness (QED) is 0.320. The third kappa shape index (κ3) is 14.0. The second-order valence-electron chi connectivity index (χ2n) is 6.05. The maximum absolute atomic E-state index is 9.84. The number of carboxylic acid groups (broad SMARTS) is 1. The lowest BCUT2D eigenvalue weighted by Gasteiger charge is -2.25. The predicted octanol–water partition coefficient (Wildman–Crippen LogP) is 2.85. The van der Waals surface area contributed by atoms with Crippen LogP contribution in [0.15, 0.2) is 42.3 Å². The molecule has 0 bridgehead atoms. The van der Waals surface area contributed by atoms with Gasteiger partial charge in [0.05, 0.1) is 33.9 Å². The van der Waals surface area contributed by atoms with E-state index in [9.17, 15) is 15.0 Å². The van der Waals surface area contributed by atoms with Crippen molar-refractivity contribution >= 4 is 6.16 Å². The van der Waals surface area contributed by atoms with Crippen LogP contribution in [0.4, 0.5) is 4.79 Å². The molecule has 0 aliphatic heterocycles. The van der Waals surface area contributed by atoms with Gasteiger partial charge in [-0.1, -0.05) is 37.3 Å². The van der Waals surface area contributed by atoms with Crippen molar-refractivity contribution in [1.29, 1.82) is 0 Å². The molecule has 0 aromatic heterocycles. The normalized spacial score (nSPS) is 11.4. The molecule has 0 aliphatic carbocycles. The summed E-state index contributed by atoms with van der Waals surface area (Å²) in [6.45, 7) is 6.59. The minimum Gasteiger partial charge on any atom is -0.545 e. The second kappa shape index (κ2) is 13.3. The van der Waals surface area contributed by atoms with E-state index in [1.54, 1.807) is 12.1 Å². The van der Waals surface area contributed by atoms with Crippen LogP contribution in [0.5, 0.6) is 0 Å². The lowest BCUT2D eigenvalue weighted by Crippen LogP contribution is -2.35. The van der Waals surface area contributed by atoms with Crippen LogP contribution in [0, 0.1) is 0 Å². The van der Waals surface area contributed by atoms with Crippen molar-refractivity contribution in [2.24, 2.45) is 0 Å². The van der Waals surface area contributed by atoms with Gasteiger partial charge in [0.1, 0.15) is 12.0 Å². The lowest BCUT2D eigenvalue weighted by atomic mass is 10.2. The molecule has 6 heteroatoms. The molecule has 1 aromatic carbocycles. The Bertz CT molecular complexity index is 500. The summed E-state index contributed by atoms with van der Waals surface area (Å²) >= 11 is 0. The first kappa shape index (κ1) is 22.9. The summed E-state index contributed by atoms with van der Waals surface area (Å²) in [6.07, 6.45) is 2.13. The van der Waals surface area contributed by atoms with Crippen molar-refractivity contribution in [3.63, 3.8) is 0 Å². The van der Waals surface area contributed by atoms with Gasteiger partial charge < -0.3 is 24.5 Å². The molecule has 1 rings (SSSR count). The molecule has 0 unspecified atom stereocenters. The SMILES string of the molecule is CCOCCC[N+](C)(C)C=C(O)CC.O=C([O-])OCc1ccccc1. The molecule has 0 spiro atoms. The van der Waals surface area contributed by atoms with Gasteiger partial charge in [0.15, 0.2) is 0 Å². The van der Waals surface area contributed by atoms with Crippen molar-refractivity contribution in [2.45, 2.75) is 33.3 Å². The zero-order valence-electron chi connectivity index (χ0n) is 15.7. The average molecular weight is 353 g/mol. The molecule has 0 aliphatic rings. The van der Waals surface area contributed by atoms with Gasteiger partial charge in [-0.25, -0.2) is 0 Å². The summed E-state index contributed by atoms with van der Waals surface area (Å²) in [5, 5.41) is 19.2. The van der Waals surface area contributed by atoms with E-state index in [4.69, 9.17) is 4.74 Å². The fourth-order valence-corrected chi connectivity index (χ4v) is 1.99. The first-order valence-corrected chi connectivity index (χ1v) is 8.49. The van der Waals surface area contributed by atoms with Gasteiger partial charge in [-0.05, 0) is 12.5 Å². The minimum absolute atomic E-state index is 0.0587. The van der Waals surface area contributed by atoms with Crippen LogP contribution < -0.4 is 5.11 Å². The predicted molar refractivity (Wildman–Crippen MR) is 95.7 cm³/mol. The number of aliphatic hydroxyl groups is 1. The molecular formula is C19H31NO5. The number of carbonyl (C=O) groups excluding carboxylic acids is 1. The molecule has 0 saturated heterocycles. The standard InChI is InChI=1S/C11H23NO2.C8H8O3/c1-5-11(13)10-12(3,4)8-7-9-14-6-2;9-8(10)11-6-7-4-2-1-3-5-7/h10H,5-9H2,1-4H3;1-5H,6H2,(H,9,10). The fraction of sp³-hybridized carbons (Fsp3) is 0.526. The molecule has 0 amide bonds. The Balaban J connectivity index is 0.000000472. The third-order valence-electron chi connectivity index (χ3n) is 3.29. The summed E-state index contributed by atoms with van der Waals surface area (Å²) < 4.78 is 10.2. The number of benzene rings is 1. The first-order chi connectivity index (χ1) is 11.8. The molecule has 0 fully saturated rings. The Labute approximate surface area is 150 Å². The number of aliphatic hydroxyl groups excluding tert-OH is 1. The third-order valence-corrected chi connectivity index (χ3v) is 3.29. The smallest absolute Gasteiger partial charge is 0.252 e. The highest BCUT2D eigenvalue weighted by molar-refractivity contribution is 5.54. The summed E-state index contributed by atoms with van der Waals surface area (Å²) in [6, 6.07) is 9.04. The van der Waals surface area contributed by atoms with Crippen molar-refractivity contribution in [1.82, 2.24) is 0 Å². The van der Waals surface area contributed by atoms with Crippen LogP contribution in [0.1, 0.15) is 32.3 Å². The van der Waals surface area contributed by atoms with E-state index in [1.165, 1.54) is 0 Å². The average Bonchev–Trinajstić information content (AvgIpc) is 2.58. The Hall–Kier alpha value is -2.05. The van der Waals surface area contributed by atoms with Crippen LogP contribution >= 0.6 is 0 Å². The molecule has 142 valence electrons. The maximum Gasteiger partial charge on any atom is 0.252 e. The van der Waals surface area contributed by atoms with Crippen molar-refractivity contribution < 1.29 is 29.0 Å². The highest BCUT2D eigenvalue weighted by Crippen LogP contribution is 2.06. The van der Waals surface area contributed by atoms with Gasteiger partial charge in [-0.2, -0.15) is 0 Å². The van der Waals surface area contributed by atoms with Crippen LogP contribution in [-0.4, -0.2) is 49.6 Å². The maximum atomic E-state index is 9.84. The largest absolute Gasteiger partial charge is 0.545 e. The summed E-state index contributed by atoms with van der Waals surface area (Å²) in [5.74, 6) is 0.464. The van der Waals surface area contributed by atoms with Crippen LogP contribution in [0.25, 0.3) is 0 Å². The number of quaternary nitrogens is 1. The topological polar surface area (TPSA) is 78.8 Å². The Morgan fingerprint density at radius 1 is 1.24 bits per heavy atom. The van der Waals surface area contributed by atoms with Gasteiger partial charge in [-0.15, -0.1) is 0 Å². The van der Waals surface area contributed by atoms with E-state index in [0.29, 0.717) is 16.7 Å². The number of ether oxygens (including phenoxy) is 2. The van der Waals surface area contributed by atoms with E-state index in [0.717, 1.165) is 31.7 Å². The highest BCUT2D eigenvalue weighted by Gasteiger charge is 2.12. The molecule has 1 aromatic rings. The van der Waals surface area contributed by atoms with Gasteiger partial charge >= 0.3 is 0 Å². The van der Waals surface area contributed by atoms with Crippen LogP contribution in [0.3, 0.4) is 0 Å². The zero-order valence-corrected chi connectivity index (χ0v) is 15.7. The fourth-order valence-electron chi connectivity index (χ4n) is 1.99. The van der Waals surface area contributed by atoms with Gasteiger partial charge in [0.2, 0.25) is 0 Å². The lowest BCUT2D eigenvalue weighted by molar-refractivity contribution is -0.840. The molecular weight excluding hydrogens is 322 g/mol. The minimum atomic E-state index is -1.49. The Kier molecular flexibility index (Phi) is 12.2. The summed E-state index contributed by atoms with van der Waals surface area (Å²) in [4.78, 5) is 9.84. The highest BCUT2D eigenvalue weighted by atomic mass is 16.7. The second-order valence-corrected chi connectivity index (χ2v) is 6.05. The number of nitrogens with zero attached hydrogens (tertiary/aromatic N) is 1. The van der Waals surface area contributed by atoms with Crippen molar-refractivity contribution in [3.05, 3.63) is 47.9 Å². The number of rotatable bonds is 9. The van der Waals surface area contributed by atoms with Crippen LogP contribution in [0.2, 0.25) is 0 Å². The molecule has 6 nitrogen and oxygen atoms in total. The molecule has 0 radical (unpaired) electrons. The molecule has 0 saturated carbocycles. The molecule has 1 N–H and O–H groups in total. The molecule has 0 heterocycles. The van der Waals surface area contributed by atoms with E-state index >= 15 is 0 Å². The molecule has 0 atom stereocenters. The summed E-state index contributed by atoms with van der Waals surface area (Å²) in [7, 11) is 4.16. The van der Waals surface area contributed by atoms with E-state index < -0.39 is 6.16 Å². The van der Waals surface area contributed by atoms with Crippen molar-refractivity contribution in [2.75, 3.05) is 33.9 Å². The molecule has 25 heavy (non-hydrogen) atoms. The van der Waals surface area contributed by atoms with Gasteiger partial charge in [-0.3, -0.25) is 4.48 Å². The van der Waals surface area contributed by atoms with E-state index in [1.807, 2.05) is 38.2 Å². The number of hydrogen-bond donors (Lipinski definition) is 1. The monoisotopic (exact) mass is 353 g/mol. The Morgan fingerprint density at radius 2 is 1.88 bits per heavy atom. The zero-order chi connectivity index (χ0) is 19.1. The summed E-state index contributed by atoms with van der Waals surface area (Å²) in [5.41, 5.74) is 0.816. The number of carbonyl (C=O) groups is 1.